The van der Waals surface area contributed by atoms with Gasteiger partial charge in [0, 0.05) is 12.1 Å². The van der Waals surface area contributed by atoms with Crippen LogP contribution in [0.3, 0.4) is 0 Å². The number of aliphatic carboxylic acids is 1. The summed E-state index contributed by atoms with van der Waals surface area (Å²) < 4.78 is 4.92. The van der Waals surface area contributed by atoms with E-state index in [-0.39, 0.29) is 18.0 Å². The van der Waals surface area contributed by atoms with Crippen molar-refractivity contribution in [1.29, 1.82) is 0 Å². The summed E-state index contributed by atoms with van der Waals surface area (Å²) in [6.45, 7) is 0. The topological polar surface area (TPSA) is 101 Å². The van der Waals surface area contributed by atoms with Crippen LogP contribution in [0.4, 0.5) is 10.5 Å². The second-order valence-corrected chi connectivity index (χ2v) is 4.73. The molecule has 7 nitrogen and oxygen atoms in total. The fourth-order valence-electron chi connectivity index (χ4n) is 2.26. The Bertz CT molecular complexity index is 489. The summed E-state index contributed by atoms with van der Waals surface area (Å²) in [5, 5.41) is 14.3. The number of nitrogens with one attached hydrogen (secondary N) is 2. The standard InChI is InChI=1S/C13H17N3O4/c1-20-11-5-4-10(7-14-11)16-13(19)15-9-3-2-8(6-9)12(17)18/h4-5,7-9H,2-3,6H2,1H3,(H,17,18)(H2,15,16,19). The second kappa shape index (κ2) is 6.23. The average Bonchev–Trinajstić information content (AvgIpc) is 2.88. The molecule has 20 heavy (non-hydrogen) atoms. The normalized spacial score (nSPS) is 21.2. The molecule has 0 bridgehead atoms. The summed E-state index contributed by atoms with van der Waals surface area (Å²) in [7, 11) is 1.51. The molecular weight excluding hydrogens is 262 g/mol. The number of urea groups is 1. The Kier molecular flexibility index (Phi) is 4.39. The van der Waals surface area contributed by atoms with E-state index < -0.39 is 5.97 Å². The SMILES string of the molecule is COc1ccc(NC(=O)NC2CCC(C(=O)O)C2)cn1. The van der Waals surface area contributed by atoms with Crippen molar-refractivity contribution in [2.75, 3.05) is 12.4 Å². The van der Waals surface area contributed by atoms with Crippen molar-refractivity contribution in [2.24, 2.45) is 5.92 Å². The molecule has 3 N–H and O–H groups in total. The maximum atomic E-state index is 11.8. The molecule has 7 heteroatoms. The number of rotatable bonds is 4. The number of carbonyl (C=O) groups is 2. The third-order valence-corrected chi connectivity index (χ3v) is 3.32. The average molecular weight is 279 g/mol. The first-order valence-corrected chi connectivity index (χ1v) is 6.39. The quantitative estimate of drug-likeness (QED) is 0.774. The van der Waals surface area contributed by atoms with Crippen LogP contribution in [0, 0.1) is 5.92 Å². The van der Waals surface area contributed by atoms with E-state index in [1.165, 1.54) is 13.3 Å². The highest BCUT2D eigenvalue weighted by Crippen LogP contribution is 2.25. The minimum absolute atomic E-state index is 0.0951. The Hall–Kier alpha value is -2.31. The molecule has 1 aromatic heterocycles. The van der Waals surface area contributed by atoms with Crippen molar-refractivity contribution >= 4 is 17.7 Å². The van der Waals surface area contributed by atoms with Gasteiger partial charge in [-0.25, -0.2) is 9.78 Å². The molecule has 1 saturated carbocycles. The molecule has 0 aromatic carbocycles. The first kappa shape index (κ1) is 14.1. The molecule has 0 radical (unpaired) electrons. The predicted octanol–water partition coefficient (Wildman–Crippen LogP) is 1.46. The number of carbonyl (C=O) groups excluding carboxylic acids is 1. The number of aromatic nitrogens is 1. The van der Waals surface area contributed by atoms with E-state index in [4.69, 9.17) is 9.84 Å². The molecule has 2 unspecified atom stereocenters. The summed E-state index contributed by atoms with van der Waals surface area (Å²) in [6.07, 6.45) is 3.26. The summed E-state index contributed by atoms with van der Waals surface area (Å²) in [4.78, 5) is 26.6. The molecular formula is C13H17N3O4. The molecule has 1 fully saturated rings. The fourth-order valence-corrected chi connectivity index (χ4v) is 2.26. The molecule has 0 saturated heterocycles. The number of pyridine rings is 1. The Morgan fingerprint density at radius 2 is 2.20 bits per heavy atom. The van der Waals surface area contributed by atoms with E-state index in [1.807, 2.05) is 0 Å². The number of amides is 2. The third kappa shape index (κ3) is 3.59. The Morgan fingerprint density at radius 3 is 2.75 bits per heavy atom. The van der Waals surface area contributed by atoms with Gasteiger partial charge in [-0.05, 0) is 25.3 Å². The Balaban J connectivity index is 1.82. The second-order valence-electron chi connectivity index (χ2n) is 4.73. The van der Waals surface area contributed by atoms with Gasteiger partial charge < -0.3 is 20.5 Å². The van der Waals surface area contributed by atoms with Gasteiger partial charge in [0.05, 0.1) is 24.9 Å². The maximum Gasteiger partial charge on any atom is 0.319 e. The van der Waals surface area contributed by atoms with E-state index in [1.54, 1.807) is 12.1 Å². The molecule has 1 aliphatic rings. The zero-order chi connectivity index (χ0) is 14.5. The molecule has 108 valence electrons. The zero-order valence-corrected chi connectivity index (χ0v) is 11.1. The van der Waals surface area contributed by atoms with Gasteiger partial charge in [-0.2, -0.15) is 0 Å². The molecule has 0 spiro atoms. The number of hydrogen-bond donors (Lipinski definition) is 3. The lowest BCUT2D eigenvalue weighted by Crippen LogP contribution is -2.36. The Morgan fingerprint density at radius 1 is 1.40 bits per heavy atom. The smallest absolute Gasteiger partial charge is 0.319 e. The molecule has 1 heterocycles. The predicted molar refractivity (Wildman–Crippen MR) is 71.7 cm³/mol. The van der Waals surface area contributed by atoms with Gasteiger partial charge in [-0.15, -0.1) is 0 Å². The van der Waals surface area contributed by atoms with Gasteiger partial charge in [-0.3, -0.25) is 4.79 Å². The van der Waals surface area contributed by atoms with Crippen LogP contribution in [-0.4, -0.2) is 35.2 Å². The van der Waals surface area contributed by atoms with Crippen molar-refractivity contribution in [3.05, 3.63) is 18.3 Å². The van der Waals surface area contributed by atoms with Crippen LogP contribution in [0.5, 0.6) is 5.88 Å². The number of carboxylic acids is 1. The molecule has 1 aromatic rings. The molecule has 0 aliphatic heterocycles. The van der Waals surface area contributed by atoms with Crippen molar-refractivity contribution < 1.29 is 19.4 Å². The monoisotopic (exact) mass is 279 g/mol. The van der Waals surface area contributed by atoms with Crippen LogP contribution in [0.15, 0.2) is 18.3 Å². The van der Waals surface area contributed by atoms with E-state index >= 15 is 0 Å². The minimum Gasteiger partial charge on any atom is -0.481 e. The first-order valence-electron chi connectivity index (χ1n) is 6.39. The maximum absolute atomic E-state index is 11.8. The Labute approximate surface area is 116 Å². The van der Waals surface area contributed by atoms with Crippen LogP contribution in [-0.2, 0) is 4.79 Å². The van der Waals surface area contributed by atoms with E-state index in [0.29, 0.717) is 30.8 Å². The van der Waals surface area contributed by atoms with Crippen LogP contribution in [0.2, 0.25) is 0 Å². The molecule has 2 rings (SSSR count). The summed E-state index contributed by atoms with van der Waals surface area (Å²) in [5.41, 5.74) is 0.552. The summed E-state index contributed by atoms with van der Waals surface area (Å²) in [5.74, 6) is -0.687. The van der Waals surface area contributed by atoms with E-state index in [0.717, 1.165) is 0 Å². The van der Waals surface area contributed by atoms with Crippen molar-refractivity contribution in [1.82, 2.24) is 10.3 Å². The largest absolute Gasteiger partial charge is 0.481 e. The highest BCUT2D eigenvalue weighted by Gasteiger charge is 2.30. The lowest BCUT2D eigenvalue weighted by molar-refractivity contribution is -0.141. The molecule has 2 amide bonds. The van der Waals surface area contributed by atoms with Crippen molar-refractivity contribution in [3.8, 4) is 5.88 Å². The first-order chi connectivity index (χ1) is 9.58. The van der Waals surface area contributed by atoms with E-state index in [9.17, 15) is 9.59 Å². The minimum atomic E-state index is -0.797. The fraction of sp³-hybridized carbons (Fsp3) is 0.462. The van der Waals surface area contributed by atoms with E-state index in [2.05, 4.69) is 15.6 Å². The highest BCUT2D eigenvalue weighted by atomic mass is 16.5. The van der Waals surface area contributed by atoms with Gasteiger partial charge in [0.1, 0.15) is 0 Å². The molecule has 2 atom stereocenters. The molecule has 1 aliphatic carbocycles. The number of methoxy groups -OCH3 is 1. The summed E-state index contributed by atoms with van der Waals surface area (Å²) >= 11 is 0. The van der Waals surface area contributed by atoms with Crippen molar-refractivity contribution in [2.45, 2.75) is 25.3 Å². The van der Waals surface area contributed by atoms with Crippen LogP contribution < -0.4 is 15.4 Å². The number of nitrogens with zero attached hydrogens (tertiary/aromatic N) is 1. The number of carboxylic acid groups (broad SMARTS) is 1. The highest BCUT2D eigenvalue weighted by molar-refractivity contribution is 5.89. The lowest BCUT2D eigenvalue weighted by atomic mass is 10.1. The third-order valence-electron chi connectivity index (χ3n) is 3.32. The van der Waals surface area contributed by atoms with Gasteiger partial charge in [-0.1, -0.05) is 0 Å². The summed E-state index contributed by atoms with van der Waals surface area (Å²) in [6, 6.07) is 2.88. The van der Waals surface area contributed by atoms with Gasteiger partial charge in [0.25, 0.3) is 0 Å². The van der Waals surface area contributed by atoms with Crippen LogP contribution in [0.25, 0.3) is 0 Å². The van der Waals surface area contributed by atoms with Crippen LogP contribution >= 0.6 is 0 Å². The van der Waals surface area contributed by atoms with Crippen molar-refractivity contribution in [3.63, 3.8) is 0 Å². The zero-order valence-electron chi connectivity index (χ0n) is 11.1. The van der Waals surface area contributed by atoms with Crippen LogP contribution in [0.1, 0.15) is 19.3 Å². The lowest BCUT2D eigenvalue weighted by Gasteiger charge is -2.13. The number of ether oxygens (including phenoxy) is 1. The van der Waals surface area contributed by atoms with Gasteiger partial charge in [0.15, 0.2) is 0 Å². The number of anilines is 1. The number of hydrogen-bond acceptors (Lipinski definition) is 4. The van der Waals surface area contributed by atoms with Gasteiger partial charge >= 0.3 is 12.0 Å². The van der Waals surface area contributed by atoms with Gasteiger partial charge in [0.2, 0.25) is 5.88 Å².